The SMILES string of the molecule is CO[Si](C)(CCCc1cnc[nH]1)OC. The van der Waals surface area contributed by atoms with E-state index in [-0.39, 0.29) is 0 Å². The van der Waals surface area contributed by atoms with Crippen LogP contribution in [-0.4, -0.2) is 32.7 Å². The molecule has 80 valence electrons. The summed E-state index contributed by atoms with van der Waals surface area (Å²) in [6.07, 6.45) is 5.65. The Labute approximate surface area is 85.9 Å². The third-order valence-electron chi connectivity index (χ3n) is 2.50. The van der Waals surface area contributed by atoms with Crippen molar-refractivity contribution >= 4 is 8.56 Å². The molecule has 1 aromatic rings. The second-order valence-corrected chi connectivity index (χ2v) is 7.06. The molecule has 0 amide bonds. The number of nitrogens with zero attached hydrogens (tertiary/aromatic N) is 1. The lowest BCUT2D eigenvalue weighted by molar-refractivity contribution is 0.248. The van der Waals surface area contributed by atoms with E-state index in [0.717, 1.165) is 18.9 Å². The minimum Gasteiger partial charge on any atom is -0.398 e. The Balaban J connectivity index is 2.27. The number of hydrogen-bond donors (Lipinski definition) is 1. The largest absolute Gasteiger partial charge is 0.398 e. The predicted octanol–water partition coefficient (Wildman–Crippen LogP) is 1.71. The van der Waals surface area contributed by atoms with Crippen molar-refractivity contribution in [2.45, 2.75) is 25.4 Å². The van der Waals surface area contributed by atoms with Crippen LogP contribution in [0.15, 0.2) is 12.5 Å². The smallest absolute Gasteiger partial charge is 0.334 e. The average Bonchev–Trinajstić information content (AvgIpc) is 2.70. The van der Waals surface area contributed by atoms with Gasteiger partial charge in [-0.1, -0.05) is 0 Å². The number of aromatic amines is 1. The molecule has 0 aliphatic carbocycles. The summed E-state index contributed by atoms with van der Waals surface area (Å²) in [6, 6.07) is 1.01. The molecule has 0 bridgehead atoms. The minimum absolute atomic E-state index is 1.01. The van der Waals surface area contributed by atoms with E-state index in [4.69, 9.17) is 8.85 Å². The normalized spacial score (nSPS) is 11.9. The van der Waals surface area contributed by atoms with E-state index in [1.807, 2.05) is 6.20 Å². The van der Waals surface area contributed by atoms with Gasteiger partial charge in [0.1, 0.15) is 0 Å². The fourth-order valence-corrected chi connectivity index (χ4v) is 2.70. The first-order valence-corrected chi connectivity index (χ1v) is 7.30. The van der Waals surface area contributed by atoms with Crippen molar-refractivity contribution in [1.29, 1.82) is 0 Å². The van der Waals surface area contributed by atoms with E-state index >= 15 is 0 Å². The molecule has 0 atom stereocenters. The fraction of sp³-hybridized carbons (Fsp3) is 0.667. The highest BCUT2D eigenvalue weighted by Crippen LogP contribution is 2.15. The molecule has 0 saturated carbocycles. The summed E-state index contributed by atoms with van der Waals surface area (Å²) < 4.78 is 10.8. The van der Waals surface area contributed by atoms with Crippen LogP contribution in [0.2, 0.25) is 12.6 Å². The molecule has 0 spiro atoms. The van der Waals surface area contributed by atoms with Crippen molar-refractivity contribution < 1.29 is 8.85 Å². The molecule has 1 N–H and O–H groups in total. The molecule has 0 fully saturated rings. The lowest BCUT2D eigenvalue weighted by Gasteiger charge is -2.22. The predicted molar refractivity (Wildman–Crippen MR) is 57.4 cm³/mol. The molecule has 14 heavy (non-hydrogen) atoms. The van der Waals surface area contributed by atoms with Crippen LogP contribution in [0.4, 0.5) is 0 Å². The highest BCUT2D eigenvalue weighted by atomic mass is 28.4. The molecule has 1 aromatic heterocycles. The summed E-state index contributed by atoms with van der Waals surface area (Å²) in [5.74, 6) is 0. The van der Waals surface area contributed by atoms with Crippen LogP contribution in [0.5, 0.6) is 0 Å². The molecular formula is C9H18N2O2Si. The fourth-order valence-electron chi connectivity index (χ4n) is 1.31. The maximum atomic E-state index is 5.40. The van der Waals surface area contributed by atoms with Gasteiger partial charge in [0, 0.05) is 26.1 Å². The monoisotopic (exact) mass is 214 g/mol. The van der Waals surface area contributed by atoms with Gasteiger partial charge in [-0.2, -0.15) is 0 Å². The van der Waals surface area contributed by atoms with Crippen molar-refractivity contribution in [3.8, 4) is 0 Å². The van der Waals surface area contributed by atoms with Gasteiger partial charge in [0.05, 0.1) is 6.33 Å². The molecule has 1 heterocycles. The summed E-state index contributed by atoms with van der Waals surface area (Å²) in [6.45, 7) is 2.08. The lowest BCUT2D eigenvalue weighted by atomic mass is 10.3. The molecule has 1 rings (SSSR count). The number of imidazole rings is 1. The molecule has 5 heteroatoms. The van der Waals surface area contributed by atoms with Crippen molar-refractivity contribution in [2.75, 3.05) is 14.2 Å². The zero-order valence-corrected chi connectivity index (χ0v) is 10.0. The first-order chi connectivity index (χ1) is 6.70. The first kappa shape index (κ1) is 11.4. The average molecular weight is 214 g/mol. The van der Waals surface area contributed by atoms with E-state index in [0.29, 0.717) is 0 Å². The van der Waals surface area contributed by atoms with E-state index in [1.54, 1.807) is 20.5 Å². The number of H-pyrrole nitrogens is 1. The second-order valence-electron chi connectivity index (χ2n) is 3.47. The second kappa shape index (κ2) is 5.28. The van der Waals surface area contributed by atoms with Gasteiger partial charge in [0.25, 0.3) is 0 Å². The standard InChI is InChI=1S/C9H18N2O2Si/c1-12-14(3,13-2)6-4-5-9-7-10-8-11-9/h7-8H,4-6H2,1-3H3,(H,10,11). The van der Waals surface area contributed by atoms with Crippen LogP contribution >= 0.6 is 0 Å². The highest BCUT2D eigenvalue weighted by molar-refractivity contribution is 6.65. The van der Waals surface area contributed by atoms with Crippen molar-refractivity contribution in [1.82, 2.24) is 9.97 Å². The number of rotatable bonds is 6. The zero-order valence-electron chi connectivity index (χ0n) is 9.04. The van der Waals surface area contributed by atoms with Crippen molar-refractivity contribution in [3.63, 3.8) is 0 Å². The Kier molecular flexibility index (Phi) is 4.31. The summed E-state index contributed by atoms with van der Waals surface area (Å²) in [4.78, 5) is 7.05. The molecular weight excluding hydrogens is 196 g/mol. The Morgan fingerprint density at radius 3 is 2.64 bits per heavy atom. The molecule has 0 aliphatic heterocycles. The number of hydrogen-bond acceptors (Lipinski definition) is 3. The summed E-state index contributed by atoms with van der Waals surface area (Å²) in [7, 11) is 1.59. The van der Waals surface area contributed by atoms with E-state index in [9.17, 15) is 0 Å². The number of aromatic nitrogens is 2. The summed E-state index contributed by atoms with van der Waals surface area (Å²) in [5, 5.41) is 0. The van der Waals surface area contributed by atoms with Crippen molar-refractivity contribution in [3.05, 3.63) is 18.2 Å². The van der Waals surface area contributed by atoms with Gasteiger partial charge in [0.2, 0.25) is 0 Å². The number of nitrogens with one attached hydrogen (secondary N) is 1. The Morgan fingerprint density at radius 1 is 1.43 bits per heavy atom. The first-order valence-electron chi connectivity index (χ1n) is 4.78. The van der Waals surface area contributed by atoms with Crippen molar-refractivity contribution in [2.24, 2.45) is 0 Å². The van der Waals surface area contributed by atoms with Gasteiger partial charge in [0.15, 0.2) is 0 Å². The van der Waals surface area contributed by atoms with Gasteiger partial charge in [-0.3, -0.25) is 0 Å². The molecule has 0 aliphatic rings. The van der Waals surface area contributed by atoms with Crippen LogP contribution in [0.1, 0.15) is 12.1 Å². The summed E-state index contributed by atoms with van der Waals surface area (Å²) in [5.41, 5.74) is 1.17. The van der Waals surface area contributed by atoms with E-state index < -0.39 is 8.56 Å². The van der Waals surface area contributed by atoms with Gasteiger partial charge < -0.3 is 13.8 Å². The van der Waals surface area contributed by atoms with Gasteiger partial charge >= 0.3 is 8.56 Å². The molecule has 0 radical (unpaired) electrons. The van der Waals surface area contributed by atoms with E-state index in [2.05, 4.69) is 16.5 Å². The zero-order chi connectivity index (χ0) is 10.4. The van der Waals surface area contributed by atoms with Crippen LogP contribution in [0.25, 0.3) is 0 Å². The van der Waals surface area contributed by atoms with Gasteiger partial charge in [-0.05, 0) is 25.4 Å². The van der Waals surface area contributed by atoms with E-state index in [1.165, 1.54) is 5.69 Å². The van der Waals surface area contributed by atoms with Crippen LogP contribution < -0.4 is 0 Å². The van der Waals surface area contributed by atoms with Crippen LogP contribution in [0.3, 0.4) is 0 Å². The van der Waals surface area contributed by atoms with Gasteiger partial charge in [-0.15, -0.1) is 0 Å². The maximum Gasteiger partial charge on any atom is 0.334 e. The quantitative estimate of drug-likeness (QED) is 0.733. The third kappa shape index (κ3) is 3.25. The minimum atomic E-state index is -1.87. The molecule has 0 saturated heterocycles. The lowest BCUT2D eigenvalue weighted by Crippen LogP contribution is -2.35. The van der Waals surface area contributed by atoms with Crippen LogP contribution in [0, 0.1) is 0 Å². The topological polar surface area (TPSA) is 47.1 Å². The molecule has 0 aromatic carbocycles. The number of aryl methyl sites for hydroxylation is 1. The van der Waals surface area contributed by atoms with Gasteiger partial charge in [-0.25, -0.2) is 4.98 Å². The molecule has 4 nitrogen and oxygen atoms in total. The highest BCUT2D eigenvalue weighted by Gasteiger charge is 2.27. The Morgan fingerprint density at radius 2 is 2.14 bits per heavy atom. The molecule has 0 unspecified atom stereocenters. The maximum absolute atomic E-state index is 5.40. The van der Waals surface area contributed by atoms with Crippen LogP contribution in [-0.2, 0) is 15.3 Å². The third-order valence-corrected chi connectivity index (χ3v) is 5.48. The Hall–Kier alpha value is -0.653. The summed E-state index contributed by atoms with van der Waals surface area (Å²) >= 11 is 0. The Bertz CT molecular complexity index is 247.